The molecule has 25 heavy (non-hydrogen) atoms. The SMILES string of the molecule is C1CC1.Nc1nc2ccc(-c3cnc4[nH]ccc4c3F)cn2c1C=O. The number of aldehydes is 1. The first-order chi connectivity index (χ1) is 12.2. The number of imidazole rings is 1. The number of rotatable bonds is 2. The van der Waals surface area contributed by atoms with Crippen LogP contribution in [-0.2, 0) is 0 Å². The van der Waals surface area contributed by atoms with E-state index >= 15 is 0 Å². The van der Waals surface area contributed by atoms with Crippen LogP contribution in [0, 0.1) is 5.82 Å². The number of nitrogens with two attached hydrogens (primary N) is 1. The second-order valence-corrected chi connectivity index (χ2v) is 5.93. The second kappa shape index (κ2) is 6.01. The highest BCUT2D eigenvalue weighted by Gasteiger charge is 2.14. The molecule has 1 aliphatic carbocycles. The van der Waals surface area contributed by atoms with Gasteiger partial charge in [0, 0.05) is 29.7 Å². The molecule has 4 aromatic rings. The molecule has 0 aliphatic heterocycles. The van der Waals surface area contributed by atoms with Gasteiger partial charge in [-0.1, -0.05) is 19.3 Å². The molecule has 0 aromatic carbocycles. The van der Waals surface area contributed by atoms with Crippen molar-refractivity contribution in [3.8, 4) is 11.1 Å². The number of halogens is 1. The summed E-state index contributed by atoms with van der Waals surface area (Å²) in [5.41, 5.74) is 7.88. The van der Waals surface area contributed by atoms with Crippen molar-refractivity contribution in [3.63, 3.8) is 0 Å². The molecule has 0 unspecified atom stereocenters. The quantitative estimate of drug-likeness (QED) is 0.547. The summed E-state index contributed by atoms with van der Waals surface area (Å²) in [5.74, 6) is -0.224. The van der Waals surface area contributed by atoms with Crippen LogP contribution >= 0.6 is 0 Å². The number of carbonyl (C=O) groups is 1. The molecule has 5 rings (SSSR count). The number of H-pyrrole nitrogens is 1. The Morgan fingerprint density at radius 3 is 2.76 bits per heavy atom. The molecule has 0 bridgehead atoms. The number of hydrogen-bond acceptors (Lipinski definition) is 4. The molecule has 1 saturated carbocycles. The molecule has 7 heteroatoms. The van der Waals surface area contributed by atoms with Gasteiger partial charge in [-0.15, -0.1) is 0 Å². The minimum absolute atomic E-state index is 0.145. The Hall–Kier alpha value is -3.22. The number of pyridine rings is 2. The highest BCUT2D eigenvalue weighted by atomic mass is 19.1. The molecule has 3 N–H and O–H groups in total. The third kappa shape index (κ3) is 2.73. The van der Waals surface area contributed by atoms with E-state index in [1.54, 1.807) is 35.0 Å². The number of carbonyl (C=O) groups excluding carboxylic acids is 1. The Kier molecular flexibility index (Phi) is 3.68. The lowest BCUT2D eigenvalue weighted by atomic mass is 10.1. The van der Waals surface area contributed by atoms with Gasteiger partial charge in [0.05, 0.1) is 5.39 Å². The minimum Gasteiger partial charge on any atom is -0.382 e. The summed E-state index contributed by atoms with van der Waals surface area (Å²) in [4.78, 5) is 22.3. The van der Waals surface area contributed by atoms with Crippen LogP contribution < -0.4 is 5.73 Å². The number of fused-ring (bicyclic) bond motifs is 2. The van der Waals surface area contributed by atoms with Crippen molar-refractivity contribution in [2.45, 2.75) is 19.3 Å². The molecular weight excluding hydrogens is 321 g/mol. The number of hydrogen-bond donors (Lipinski definition) is 2. The highest BCUT2D eigenvalue weighted by Crippen LogP contribution is 2.28. The van der Waals surface area contributed by atoms with E-state index in [0.717, 1.165) is 0 Å². The van der Waals surface area contributed by atoms with Crippen LogP contribution in [0.5, 0.6) is 0 Å². The minimum atomic E-state index is -0.369. The number of nitrogen functional groups attached to an aromatic ring is 1. The van der Waals surface area contributed by atoms with E-state index in [0.29, 0.717) is 34.1 Å². The average molecular weight is 337 g/mol. The second-order valence-electron chi connectivity index (χ2n) is 5.93. The van der Waals surface area contributed by atoms with Gasteiger partial charge in [-0.05, 0) is 18.2 Å². The number of anilines is 1. The summed E-state index contributed by atoms with van der Waals surface area (Å²) >= 11 is 0. The van der Waals surface area contributed by atoms with Gasteiger partial charge >= 0.3 is 0 Å². The van der Waals surface area contributed by atoms with Crippen LogP contribution in [0.3, 0.4) is 0 Å². The third-order valence-corrected chi connectivity index (χ3v) is 3.98. The Balaban J connectivity index is 0.000000474. The summed E-state index contributed by atoms with van der Waals surface area (Å²) < 4.78 is 16.1. The molecule has 1 fully saturated rings. The topological polar surface area (TPSA) is 89.1 Å². The first-order valence-corrected chi connectivity index (χ1v) is 8.04. The Morgan fingerprint density at radius 1 is 1.24 bits per heavy atom. The molecule has 1 aliphatic rings. The normalized spacial score (nSPS) is 12.8. The molecule has 126 valence electrons. The Morgan fingerprint density at radius 2 is 2.04 bits per heavy atom. The van der Waals surface area contributed by atoms with Gasteiger partial charge in [-0.2, -0.15) is 0 Å². The van der Waals surface area contributed by atoms with Crippen molar-refractivity contribution in [1.29, 1.82) is 0 Å². The van der Waals surface area contributed by atoms with E-state index in [1.165, 1.54) is 25.5 Å². The summed E-state index contributed by atoms with van der Waals surface area (Å²) in [5, 5.41) is 0.415. The lowest BCUT2D eigenvalue weighted by Gasteiger charge is -2.05. The van der Waals surface area contributed by atoms with E-state index in [2.05, 4.69) is 15.0 Å². The molecule has 0 spiro atoms. The van der Waals surface area contributed by atoms with E-state index < -0.39 is 0 Å². The molecule has 0 radical (unpaired) electrons. The van der Waals surface area contributed by atoms with Gasteiger partial charge in [0.15, 0.2) is 12.1 Å². The van der Waals surface area contributed by atoms with Crippen LogP contribution in [0.2, 0.25) is 0 Å². The van der Waals surface area contributed by atoms with Crippen molar-refractivity contribution in [3.05, 3.63) is 48.3 Å². The molecule has 0 saturated heterocycles. The lowest BCUT2D eigenvalue weighted by molar-refractivity contribution is 0.111. The van der Waals surface area contributed by atoms with Crippen molar-refractivity contribution in [2.75, 3.05) is 5.73 Å². The predicted octanol–water partition coefficient (Wildman–Crippen LogP) is 3.58. The fourth-order valence-corrected chi connectivity index (χ4v) is 2.53. The van der Waals surface area contributed by atoms with Crippen LogP contribution in [0.4, 0.5) is 10.2 Å². The van der Waals surface area contributed by atoms with Gasteiger partial charge in [0.1, 0.15) is 22.8 Å². The van der Waals surface area contributed by atoms with Gasteiger partial charge in [0.2, 0.25) is 0 Å². The van der Waals surface area contributed by atoms with Gasteiger partial charge in [-0.25, -0.2) is 14.4 Å². The van der Waals surface area contributed by atoms with Gasteiger partial charge in [0.25, 0.3) is 0 Å². The van der Waals surface area contributed by atoms with E-state index in [1.807, 2.05) is 0 Å². The molecular formula is C18H16FN5O. The molecule has 6 nitrogen and oxygen atoms in total. The molecule has 4 aromatic heterocycles. The summed E-state index contributed by atoms with van der Waals surface area (Å²) in [6.45, 7) is 0. The fraction of sp³-hybridized carbons (Fsp3) is 0.167. The van der Waals surface area contributed by atoms with Crippen molar-refractivity contribution in [1.82, 2.24) is 19.4 Å². The fourth-order valence-electron chi connectivity index (χ4n) is 2.53. The Labute approximate surface area is 142 Å². The maximum absolute atomic E-state index is 14.6. The zero-order valence-corrected chi connectivity index (χ0v) is 13.4. The third-order valence-electron chi connectivity index (χ3n) is 3.98. The maximum Gasteiger partial charge on any atom is 0.170 e. The average Bonchev–Trinajstić information content (AvgIpc) is 3.35. The molecule has 0 atom stereocenters. The number of nitrogens with one attached hydrogen (secondary N) is 1. The molecule has 0 amide bonds. The number of nitrogens with zero attached hydrogens (tertiary/aromatic N) is 3. The molecule has 4 heterocycles. The van der Waals surface area contributed by atoms with Crippen molar-refractivity contribution in [2.24, 2.45) is 0 Å². The number of aromatic nitrogens is 4. The zero-order valence-electron chi connectivity index (χ0n) is 13.4. The van der Waals surface area contributed by atoms with Gasteiger partial charge < -0.3 is 10.7 Å². The first kappa shape index (κ1) is 15.3. The van der Waals surface area contributed by atoms with E-state index in [4.69, 9.17) is 5.73 Å². The largest absolute Gasteiger partial charge is 0.382 e. The first-order valence-electron chi connectivity index (χ1n) is 8.04. The Bertz CT molecular complexity index is 1080. The summed E-state index contributed by atoms with van der Waals surface area (Å²) in [6.07, 6.45) is 9.84. The smallest absolute Gasteiger partial charge is 0.170 e. The summed E-state index contributed by atoms with van der Waals surface area (Å²) in [7, 11) is 0. The standard InChI is InChI=1S/C15H10FN5O.C3H6/c16-13-9-3-4-18-15(9)19-5-10(13)8-1-2-12-20-14(17)11(7-22)21(12)6-8;1-2-3-1/h1-7H,17H2,(H,18,19);1-3H2. The summed E-state index contributed by atoms with van der Waals surface area (Å²) in [6, 6.07) is 5.03. The van der Waals surface area contributed by atoms with Crippen LogP contribution in [0.15, 0.2) is 36.8 Å². The highest BCUT2D eigenvalue weighted by molar-refractivity contribution is 5.84. The lowest BCUT2D eigenvalue weighted by Crippen LogP contribution is -1.96. The monoisotopic (exact) mass is 337 g/mol. The van der Waals surface area contributed by atoms with E-state index in [-0.39, 0.29) is 17.3 Å². The maximum atomic E-state index is 14.6. The van der Waals surface area contributed by atoms with Gasteiger partial charge in [-0.3, -0.25) is 9.20 Å². The predicted molar refractivity (Wildman–Crippen MR) is 93.9 cm³/mol. The van der Waals surface area contributed by atoms with Crippen molar-refractivity contribution < 1.29 is 9.18 Å². The van der Waals surface area contributed by atoms with Crippen LogP contribution in [0.25, 0.3) is 27.8 Å². The van der Waals surface area contributed by atoms with Crippen LogP contribution in [-0.4, -0.2) is 25.6 Å². The van der Waals surface area contributed by atoms with Crippen LogP contribution in [0.1, 0.15) is 29.8 Å². The zero-order chi connectivity index (χ0) is 17.4. The number of aromatic amines is 1. The van der Waals surface area contributed by atoms with Crippen molar-refractivity contribution >= 4 is 28.8 Å². The van der Waals surface area contributed by atoms with E-state index in [9.17, 15) is 9.18 Å².